The molecule has 0 saturated heterocycles. The second-order valence-electron chi connectivity index (χ2n) is 7.47. The van der Waals surface area contributed by atoms with Crippen LogP contribution in [0.2, 0.25) is 0 Å². The molecule has 0 spiro atoms. The van der Waals surface area contributed by atoms with Gasteiger partial charge in [-0.05, 0) is 66.5 Å². The maximum Gasteiger partial charge on any atom is 0.272 e. The zero-order valence-corrected chi connectivity index (χ0v) is 20.4. The van der Waals surface area contributed by atoms with E-state index >= 15 is 0 Å². The van der Waals surface area contributed by atoms with Gasteiger partial charge in [0.05, 0.1) is 22.6 Å². The van der Waals surface area contributed by atoms with Gasteiger partial charge >= 0.3 is 0 Å². The number of hydrogen-bond acceptors (Lipinski definition) is 6. The highest BCUT2D eigenvalue weighted by molar-refractivity contribution is 8.35. The zero-order chi connectivity index (χ0) is 22.2. The normalized spacial score (nSPS) is 17.8. The van der Waals surface area contributed by atoms with Gasteiger partial charge in [0.1, 0.15) is 10.3 Å². The minimum atomic E-state index is -0.199. The van der Waals surface area contributed by atoms with Crippen molar-refractivity contribution in [2.75, 3.05) is 6.61 Å². The molecule has 162 valence electrons. The number of benzene rings is 2. The molecule has 0 radical (unpaired) electrons. The van der Waals surface area contributed by atoms with Gasteiger partial charge in [0.2, 0.25) is 0 Å². The van der Waals surface area contributed by atoms with Crippen LogP contribution in [-0.4, -0.2) is 11.2 Å². The summed E-state index contributed by atoms with van der Waals surface area (Å²) in [5, 5.41) is 0. The first kappa shape index (κ1) is 21.4. The van der Waals surface area contributed by atoms with Crippen molar-refractivity contribution in [3.8, 4) is 5.75 Å². The summed E-state index contributed by atoms with van der Waals surface area (Å²) in [6.07, 6.45) is 2.09. The van der Waals surface area contributed by atoms with E-state index < -0.39 is 0 Å². The highest BCUT2D eigenvalue weighted by Gasteiger charge is 2.25. The van der Waals surface area contributed by atoms with Crippen LogP contribution in [0.15, 0.2) is 80.3 Å². The van der Waals surface area contributed by atoms with Crippen molar-refractivity contribution in [3.63, 3.8) is 0 Å². The Labute approximate surface area is 199 Å². The molecule has 1 aromatic heterocycles. The first-order valence-corrected chi connectivity index (χ1v) is 12.9. The molecule has 0 fully saturated rings. The van der Waals surface area contributed by atoms with E-state index in [1.807, 2.05) is 54.0 Å². The average molecular weight is 479 g/mol. The third-order valence-corrected chi connectivity index (χ3v) is 9.34. The second kappa shape index (κ2) is 8.81. The topological polar surface area (TPSA) is 43.6 Å². The van der Waals surface area contributed by atoms with Crippen LogP contribution in [0.3, 0.4) is 0 Å². The molecule has 1 atom stereocenters. The zero-order valence-electron chi connectivity index (χ0n) is 18.0. The summed E-state index contributed by atoms with van der Waals surface area (Å²) in [7, 11) is 0. The predicted octanol–water partition coefficient (Wildman–Crippen LogP) is 5.37. The highest BCUT2D eigenvalue weighted by Crippen LogP contribution is 2.48. The van der Waals surface area contributed by atoms with Gasteiger partial charge < -0.3 is 4.74 Å². The molecule has 0 aliphatic carbocycles. The van der Waals surface area contributed by atoms with E-state index in [0.29, 0.717) is 6.61 Å². The SMILES string of the molecule is CCOc1ccc(C2=C[C@H](c3ccccc3)n3c(sc(=C4SC(C)=C(C)S4)c3=O)=N2)cc1. The number of nitrogens with zero attached hydrogens (tertiary/aromatic N) is 2. The van der Waals surface area contributed by atoms with Crippen LogP contribution in [0.1, 0.15) is 37.9 Å². The average Bonchev–Trinajstić information content (AvgIpc) is 3.33. The lowest BCUT2D eigenvalue weighted by Gasteiger charge is -2.19. The Morgan fingerprint density at radius 2 is 1.69 bits per heavy atom. The third kappa shape index (κ3) is 3.89. The predicted molar refractivity (Wildman–Crippen MR) is 136 cm³/mol. The Bertz CT molecular complexity index is 1400. The fraction of sp³-hybridized carbons (Fsp3) is 0.200. The van der Waals surface area contributed by atoms with Crippen LogP contribution in [-0.2, 0) is 0 Å². The molecule has 2 aromatic carbocycles. The smallest absolute Gasteiger partial charge is 0.272 e. The van der Waals surface area contributed by atoms with Gasteiger partial charge in [0.15, 0.2) is 4.80 Å². The molecule has 0 bridgehead atoms. The molecule has 0 saturated carbocycles. The van der Waals surface area contributed by atoms with Crippen molar-refractivity contribution >= 4 is 44.8 Å². The number of thioether (sulfide) groups is 2. The summed E-state index contributed by atoms with van der Waals surface area (Å²) in [6, 6.07) is 17.9. The maximum atomic E-state index is 13.6. The highest BCUT2D eigenvalue weighted by atomic mass is 32.2. The summed E-state index contributed by atoms with van der Waals surface area (Å²) in [4.78, 5) is 21.7. The van der Waals surface area contributed by atoms with Crippen molar-refractivity contribution in [1.82, 2.24) is 4.57 Å². The first-order chi connectivity index (χ1) is 15.5. The fourth-order valence-corrected chi connectivity index (χ4v) is 7.44. The van der Waals surface area contributed by atoms with Gasteiger partial charge in [0, 0.05) is 5.56 Å². The standard InChI is InChI=1S/C25H22N2O2S3/c1-4-29-19-12-10-17(11-13-19)20-14-21(18-8-6-5-7-9-18)27-23(28)22(32-25(27)26-20)24-30-15(2)16(3)31-24/h5-14,21H,4H2,1-3H3/t21-/m1/s1. The quantitative estimate of drug-likeness (QED) is 0.506. The van der Waals surface area contributed by atoms with Crippen LogP contribution in [0.4, 0.5) is 0 Å². The van der Waals surface area contributed by atoms with E-state index in [0.717, 1.165) is 36.1 Å². The lowest BCUT2D eigenvalue weighted by molar-refractivity contribution is 0.340. The monoisotopic (exact) mass is 478 g/mol. The van der Waals surface area contributed by atoms with Crippen LogP contribution in [0.5, 0.6) is 5.75 Å². The lowest BCUT2D eigenvalue weighted by atomic mass is 10.0. The Kier molecular flexibility index (Phi) is 5.88. The number of rotatable bonds is 4. The minimum Gasteiger partial charge on any atom is -0.494 e. The molecule has 3 heterocycles. The molecule has 32 heavy (non-hydrogen) atoms. The van der Waals surface area contributed by atoms with E-state index in [2.05, 4.69) is 32.1 Å². The number of allylic oxidation sites excluding steroid dienone is 3. The molecule has 2 aliphatic heterocycles. The minimum absolute atomic E-state index is 0.0297. The van der Waals surface area contributed by atoms with Gasteiger partial charge in [-0.15, -0.1) is 0 Å². The van der Waals surface area contributed by atoms with Gasteiger partial charge in [-0.2, -0.15) is 0 Å². The number of aromatic nitrogens is 1. The molecule has 0 amide bonds. The van der Waals surface area contributed by atoms with Crippen molar-refractivity contribution in [2.24, 2.45) is 4.99 Å². The van der Waals surface area contributed by atoms with E-state index in [4.69, 9.17) is 9.73 Å². The van der Waals surface area contributed by atoms with Gasteiger partial charge in [-0.1, -0.05) is 65.2 Å². The van der Waals surface area contributed by atoms with E-state index in [1.165, 1.54) is 21.1 Å². The van der Waals surface area contributed by atoms with Crippen molar-refractivity contribution < 1.29 is 4.74 Å². The number of fused-ring (bicyclic) bond motifs is 1. The summed E-state index contributed by atoms with van der Waals surface area (Å²) in [5.74, 6) is 0.840. The fourth-order valence-electron chi connectivity index (χ4n) is 3.68. The number of ether oxygens (including phenoxy) is 1. The second-order valence-corrected chi connectivity index (χ2v) is 11.2. The third-order valence-electron chi connectivity index (χ3n) is 5.40. The summed E-state index contributed by atoms with van der Waals surface area (Å²) < 4.78 is 9.25. The molecule has 4 nitrogen and oxygen atoms in total. The van der Waals surface area contributed by atoms with Crippen molar-refractivity contribution in [1.29, 1.82) is 0 Å². The summed E-state index contributed by atoms with van der Waals surface area (Å²) in [5.41, 5.74) is 2.98. The lowest BCUT2D eigenvalue weighted by Crippen LogP contribution is -2.36. The Balaban J connectivity index is 1.68. The first-order valence-electron chi connectivity index (χ1n) is 10.4. The summed E-state index contributed by atoms with van der Waals surface area (Å²) >= 11 is 4.86. The molecule has 0 unspecified atom stereocenters. The molecule has 5 rings (SSSR count). The van der Waals surface area contributed by atoms with Crippen LogP contribution < -0.4 is 19.6 Å². The van der Waals surface area contributed by atoms with Crippen LogP contribution in [0, 0.1) is 0 Å². The van der Waals surface area contributed by atoms with E-state index in [-0.39, 0.29) is 11.6 Å². The molecule has 3 aromatic rings. The molecular formula is C25H22N2O2S3. The Hall–Kier alpha value is -2.48. The van der Waals surface area contributed by atoms with Gasteiger partial charge in [-0.25, -0.2) is 4.99 Å². The Morgan fingerprint density at radius 1 is 1.00 bits per heavy atom. The van der Waals surface area contributed by atoms with Crippen LogP contribution in [0.25, 0.3) is 9.93 Å². The Morgan fingerprint density at radius 3 is 2.34 bits per heavy atom. The van der Waals surface area contributed by atoms with Crippen LogP contribution >= 0.6 is 34.9 Å². The van der Waals surface area contributed by atoms with Gasteiger partial charge in [0.25, 0.3) is 5.56 Å². The van der Waals surface area contributed by atoms with E-state index in [9.17, 15) is 4.79 Å². The molecule has 0 N–H and O–H groups in total. The molecular weight excluding hydrogens is 456 g/mol. The number of thiazole rings is 1. The molecule has 7 heteroatoms. The number of hydrogen-bond donors (Lipinski definition) is 0. The summed E-state index contributed by atoms with van der Waals surface area (Å²) in [6.45, 7) is 6.82. The maximum absolute atomic E-state index is 13.6. The van der Waals surface area contributed by atoms with Gasteiger partial charge in [-0.3, -0.25) is 9.36 Å². The van der Waals surface area contributed by atoms with E-state index in [1.54, 1.807) is 23.5 Å². The van der Waals surface area contributed by atoms with Crippen molar-refractivity contribution in [3.05, 3.63) is 101 Å². The molecule has 2 aliphatic rings. The largest absolute Gasteiger partial charge is 0.494 e. The van der Waals surface area contributed by atoms with Crippen molar-refractivity contribution in [2.45, 2.75) is 26.8 Å².